The van der Waals surface area contributed by atoms with Crippen molar-refractivity contribution in [2.75, 3.05) is 6.61 Å². The zero-order valence-electron chi connectivity index (χ0n) is 12.0. The third-order valence-corrected chi connectivity index (χ3v) is 4.02. The van der Waals surface area contributed by atoms with E-state index >= 15 is 0 Å². The molecule has 0 bridgehead atoms. The molecular weight excluding hydrogens is 255 g/mol. The lowest BCUT2D eigenvalue weighted by Crippen LogP contribution is -2.03. The molecule has 1 saturated carbocycles. The number of rotatable bonds is 9. The van der Waals surface area contributed by atoms with E-state index in [0.717, 1.165) is 31.1 Å². The van der Waals surface area contributed by atoms with Crippen molar-refractivity contribution < 1.29 is 9.63 Å². The van der Waals surface area contributed by atoms with Gasteiger partial charge in [-0.1, -0.05) is 37.7 Å². The lowest BCUT2D eigenvalue weighted by Gasteiger charge is -2.06. The molecule has 0 spiro atoms. The molecule has 2 nitrogen and oxygen atoms in total. The van der Waals surface area contributed by atoms with Crippen LogP contribution in [0.5, 0.6) is 0 Å². The normalized spacial score (nSPS) is 23.1. The SMILES string of the molecule is CCCCCC(C#C/C=C\C[C@H]1C[C@H]1CCO)OP. The van der Waals surface area contributed by atoms with Gasteiger partial charge in [0.2, 0.25) is 0 Å². The molecule has 4 atom stereocenters. The molecule has 2 unspecified atom stereocenters. The van der Waals surface area contributed by atoms with Crippen LogP contribution in [0, 0.1) is 23.7 Å². The fraction of sp³-hybridized carbons (Fsp3) is 0.750. The van der Waals surface area contributed by atoms with E-state index in [4.69, 9.17) is 9.63 Å². The molecule has 19 heavy (non-hydrogen) atoms. The van der Waals surface area contributed by atoms with Crippen LogP contribution in [0.25, 0.3) is 0 Å². The Morgan fingerprint density at radius 2 is 2.26 bits per heavy atom. The molecule has 1 aliphatic carbocycles. The fourth-order valence-electron chi connectivity index (χ4n) is 2.32. The number of allylic oxidation sites excluding steroid dienone is 2. The predicted octanol–water partition coefficient (Wildman–Crippen LogP) is 3.71. The first-order chi connectivity index (χ1) is 9.31. The molecule has 1 fully saturated rings. The Balaban J connectivity index is 2.14. The Hall–Kier alpha value is -0.350. The smallest absolute Gasteiger partial charge is 0.122 e. The second-order valence-electron chi connectivity index (χ2n) is 5.32. The first-order valence-corrected chi connectivity index (χ1v) is 7.91. The van der Waals surface area contributed by atoms with Gasteiger partial charge in [0.05, 0.1) is 0 Å². The van der Waals surface area contributed by atoms with Crippen LogP contribution in [0.15, 0.2) is 12.2 Å². The average Bonchev–Trinajstić information content (AvgIpc) is 3.15. The summed E-state index contributed by atoms with van der Waals surface area (Å²) < 4.78 is 5.27. The largest absolute Gasteiger partial charge is 0.396 e. The highest BCUT2D eigenvalue weighted by molar-refractivity contribution is 7.09. The zero-order valence-corrected chi connectivity index (χ0v) is 13.1. The second-order valence-corrected chi connectivity index (χ2v) is 5.59. The molecule has 0 aromatic rings. The fourth-order valence-corrected chi connectivity index (χ4v) is 2.52. The Bertz CT molecular complexity index is 316. The third-order valence-electron chi connectivity index (χ3n) is 3.69. The first-order valence-electron chi connectivity index (χ1n) is 7.44. The Morgan fingerprint density at radius 3 is 2.95 bits per heavy atom. The van der Waals surface area contributed by atoms with E-state index in [1.54, 1.807) is 0 Å². The minimum Gasteiger partial charge on any atom is -0.396 e. The Labute approximate surface area is 120 Å². The molecule has 0 aliphatic heterocycles. The maximum atomic E-state index is 8.82. The van der Waals surface area contributed by atoms with Gasteiger partial charge in [-0.15, -0.1) is 0 Å². The predicted molar refractivity (Wildman–Crippen MR) is 83.6 cm³/mol. The molecule has 0 amide bonds. The first kappa shape index (κ1) is 16.7. The van der Waals surface area contributed by atoms with Gasteiger partial charge in [-0.3, -0.25) is 0 Å². The van der Waals surface area contributed by atoms with Crippen LogP contribution in [-0.2, 0) is 4.52 Å². The van der Waals surface area contributed by atoms with Gasteiger partial charge in [0.15, 0.2) is 0 Å². The second kappa shape index (κ2) is 10.4. The summed E-state index contributed by atoms with van der Waals surface area (Å²) >= 11 is 0. The van der Waals surface area contributed by atoms with Crippen LogP contribution in [0.1, 0.15) is 51.9 Å². The summed E-state index contributed by atoms with van der Waals surface area (Å²) in [6.07, 6.45) is 12.1. The lowest BCUT2D eigenvalue weighted by atomic mass is 10.1. The van der Waals surface area contributed by atoms with Crippen molar-refractivity contribution in [2.45, 2.75) is 58.0 Å². The van der Waals surface area contributed by atoms with Crippen LogP contribution in [0.2, 0.25) is 0 Å². The van der Waals surface area contributed by atoms with Gasteiger partial charge in [-0.25, -0.2) is 0 Å². The summed E-state index contributed by atoms with van der Waals surface area (Å²) in [5.41, 5.74) is 0. The maximum Gasteiger partial charge on any atom is 0.122 e. The average molecular weight is 282 g/mol. The maximum absolute atomic E-state index is 8.82. The standard InChI is InChI=1S/C16H27O2P/c1-2-3-5-9-16(18-19)10-7-4-6-8-14-13-15(14)11-12-17/h4,6,14-17H,2-3,5,8-9,11-13,19H2,1H3/b6-4-/t14-,15+,16?/m0/s1. The zero-order chi connectivity index (χ0) is 13.9. The number of aliphatic hydroxyl groups is 1. The molecule has 0 aromatic carbocycles. The van der Waals surface area contributed by atoms with Gasteiger partial charge >= 0.3 is 0 Å². The molecule has 1 aliphatic rings. The third kappa shape index (κ3) is 7.73. The highest BCUT2D eigenvalue weighted by atomic mass is 31.0. The molecule has 0 saturated heterocycles. The van der Waals surface area contributed by atoms with E-state index in [1.165, 1.54) is 25.7 Å². The summed E-state index contributed by atoms with van der Waals surface area (Å²) in [5.74, 6) is 7.74. The molecule has 0 radical (unpaired) electrons. The van der Waals surface area contributed by atoms with Crippen molar-refractivity contribution in [3.8, 4) is 11.8 Å². The van der Waals surface area contributed by atoms with Gasteiger partial charge in [-0.2, -0.15) is 0 Å². The van der Waals surface area contributed by atoms with E-state index in [-0.39, 0.29) is 6.10 Å². The lowest BCUT2D eigenvalue weighted by molar-refractivity contribution is 0.277. The highest BCUT2D eigenvalue weighted by Gasteiger charge is 2.34. The molecule has 108 valence electrons. The van der Waals surface area contributed by atoms with Crippen molar-refractivity contribution in [3.05, 3.63) is 12.2 Å². The van der Waals surface area contributed by atoms with E-state index < -0.39 is 0 Å². The van der Waals surface area contributed by atoms with E-state index in [0.29, 0.717) is 6.61 Å². The molecule has 1 N–H and O–H groups in total. The van der Waals surface area contributed by atoms with Gasteiger partial charge < -0.3 is 9.63 Å². The van der Waals surface area contributed by atoms with Crippen molar-refractivity contribution in [1.82, 2.24) is 0 Å². The number of aliphatic hydroxyl groups excluding tert-OH is 1. The summed E-state index contributed by atoms with van der Waals surface area (Å²) in [4.78, 5) is 0. The van der Waals surface area contributed by atoms with Crippen molar-refractivity contribution in [3.63, 3.8) is 0 Å². The van der Waals surface area contributed by atoms with Gasteiger partial charge in [0.25, 0.3) is 0 Å². The minimum atomic E-state index is 0.0456. The summed E-state index contributed by atoms with van der Waals surface area (Å²) in [5, 5.41) is 8.82. The summed E-state index contributed by atoms with van der Waals surface area (Å²) in [6.45, 7) is 2.53. The van der Waals surface area contributed by atoms with Crippen molar-refractivity contribution >= 4 is 9.47 Å². The molecule has 1 rings (SSSR count). The van der Waals surface area contributed by atoms with Crippen LogP contribution >= 0.6 is 9.47 Å². The Morgan fingerprint density at radius 1 is 1.42 bits per heavy atom. The van der Waals surface area contributed by atoms with E-state index in [1.807, 2.05) is 6.08 Å². The molecule has 0 heterocycles. The number of hydrogen-bond acceptors (Lipinski definition) is 2. The molecule has 3 heteroatoms. The van der Waals surface area contributed by atoms with Crippen LogP contribution in [-0.4, -0.2) is 17.8 Å². The number of unbranched alkanes of at least 4 members (excludes halogenated alkanes) is 2. The van der Waals surface area contributed by atoms with Crippen LogP contribution < -0.4 is 0 Å². The van der Waals surface area contributed by atoms with E-state index in [2.05, 4.69) is 34.3 Å². The van der Waals surface area contributed by atoms with Gasteiger partial charge in [-0.05, 0) is 50.0 Å². The minimum absolute atomic E-state index is 0.0456. The molecule has 0 aromatic heterocycles. The van der Waals surface area contributed by atoms with E-state index in [9.17, 15) is 0 Å². The quantitative estimate of drug-likeness (QED) is 0.397. The van der Waals surface area contributed by atoms with Crippen molar-refractivity contribution in [1.29, 1.82) is 0 Å². The highest BCUT2D eigenvalue weighted by Crippen LogP contribution is 2.43. The monoisotopic (exact) mass is 282 g/mol. The summed E-state index contributed by atoms with van der Waals surface area (Å²) in [6, 6.07) is 0. The summed E-state index contributed by atoms with van der Waals surface area (Å²) in [7, 11) is 2.32. The topological polar surface area (TPSA) is 29.5 Å². The molecular formula is C16H27O2P. The number of hydrogen-bond donors (Lipinski definition) is 1. The van der Waals surface area contributed by atoms with Gasteiger partial charge in [0, 0.05) is 16.1 Å². The van der Waals surface area contributed by atoms with Crippen molar-refractivity contribution in [2.24, 2.45) is 11.8 Å². The Kier molecular flexibility index (Phi) is 9.18. The van der Waals surface area contributed by atoms with Gasteiger partial charge in [0.1, 0.15) is 6.10 Å². The van der Waals surface area contributed by atoms with Crippen LogP contribution in [0.3, 0.4) is 0 Å². The van der Waals surface area contributed by atoms with Crippen LogP contribution in [0.4, 0.5) is 0 Å².